The highest BCUT2D eigenvalue weighted by atomic mass is 16.5. The predicted octanol–water partition coefficient (Wildman–Crippen LogP) is 0.993. The SMILES string of the molecule is CCOCC(=O)N1CCCC1CC(C)=O. The van der Waals surface area contributed by atoms with Crippen molar-refractivity contribution in [3.63, 3.8) is 0 Å². The Hall–Kier alpha value is -0.900. The number of hydrogen-bond acceptors (Lipinski definition) is 3. The lowest BCUT2D eigenvalue weighted by molar-refractivity contribution is -0.137. The molecular formula is C11H19NO3. The van der Waals surface area contributed by atoms with E-state index in [4.69, 9.17) is 4.74 Å². The van der Waals surface area contributed by atoms with Crippen molar-refractivity contribution in [1.29, 1.82) is 0 Å². The lowest BCUT2D eigenvalue weighted by Crippen LogP contribution is -2.38. The predicted molar refractivity (Wildman–Crippen MR) is 56.5 cm³/mol. The maximum atomic E-state index is 11.7. The van der Waals surface area contributed by atoms with E-state index < -0.39 is 0 Å². The van der Waals surface area contributed by atoms with Crippen molar-refractivity contribution in [2.75, 3.05) is 19.8 Å². The zero-order valence-electron chi connectivity index (χ0n) is 9.49. The van der Waals surface area contributed by atoms with Gasteiger partial charge in [-0.1, -0.05) is 0 Å². The zero-order chi connectivity index (χ0) is 11.3. The quantitative estimate of drug-likeness (QED) is 0.684. The van der Waals surface area contributed by atoms with Gasteiger partial charge in [-0.3, -0.25) is 9.59 Å². The first-order valence-corrected chi connectivity index (χ1v) is 5.51. The van der Waals surface area contributed by atoms with Crippen molar-refractivity contribution >= 4 is 11.7 Å². The number of ketones is 1. The van der Waals surface area contributed by atoms with Gasteiger partial charge in [0.15, 0.2) is 0 Å². The number of Topliss-reactive ketones (excluding diaryl/α,β-unsaturated/α-hetero) is 1. The lowest BCUT2D eigenvalue weighted by atomic mass is 10.1. The summed E-state index contributed by atoms with van der Waals surface area (Å²) in [5, 5.41) is 0. The zero-order valence-corrected chi connectivity index (χ0v) is 9.49. The fourth-order valence-corrected chi connectivity index (χ4v) is 1.98. The molecule has 1 fully saturated rings. The molecule has 0 aromatic rings. The Labute approximate surface area is 90.6 Å². The topological polar surface area (TPSA) is 46.6 Å². The Morgan fingerprint density at radius 1 is 1.47 bits per heavy atom. The van der Waals surface area contributed by atoms with Gasteiger partial charge in [-0.05, 0) is 26.7 Å². The van der Waals surface area contributed by atoms with Crippen LogP contribution in [0.25, 0.3) is 0 Å². The van der Waals surface area contributed by atoms with Gasteiger partial charge in [-0.2, -0.15) is 0 Å². The number of hydrogen-bond donors (Lipinski definition) is 0. The summed E-state index contributed by atoms with van der Waals surface area (Å²) in [4.78, 5) is 24.5. The van der Waals surface area contributed by atoms with E-state index in [0.29, 0.717) is 13.0 Å². The van der Waals surface area contributed by atoms with Gasteiger partial charge in [-0.25, -0.2) is 0 Å². The number of likely N-dealkylation sites (tertiary alicyclic amines) is 1. The summed E-state index contributed by atoms with van der Waals surface area (Å²) in [6.07, 6.45) is 2.42. The van der Waals surface area contributed by atoms with Gasteiger partial charge in [0.05, 0.1) is 0 Å². The first-order chi connectivity index (χ1) is 7.15. The minimum Gasteiger partial charge on any atom is -0.372 e. The Morgan fingerprint density at radius 3 is 2.80 bits per heavy atom. The van der Waals surface area contributed by atoms with Crippen molar-refractivity contribution in [3.05, 3.63) is 0 Å². The standard InChI is InChI=1S/C11H19NO3/c1-3-15-8-11(14)12-6-4-5-10(12)7-9(2)13/h10H,3-8H2,1-2H3. The molecular weight excluding hydrogens is 194 g/mol. The Kier molecular flexibility index (Phi) is 4.75. The molecule has 0 radical (unpaired) electrons. The molecule has 1 amide bonds. The summed E-state index contributed by atoms with van der Waals surface area (Å²) >= 11 is 0. The normalized spacial score (nSPS) is 20.7. The molecule has 15 heavy (non-hydrogen) atoms. The van der Waals surface area contributed by atoms with E-state index in [2.05, 4.69) is 0 Å². The molecule has 0 aromatic heterocycles. The van der Waals surface area contributed by atoms with Gasteiger partial charge in [0.25, 0.3) is 0 Å². The molecule has 0 aliphatic carbocycles. The highest BCUT2D eigenvalue weighted by Crippen LogP contribution is 2.20. The summed E-state index contributed by atoms with van der Waals surface area (Å²) in [6, 6.07) is 0.107. The number of rotatable bonds is 5. The second kappa shape index (κ2) is 5.85. The van der Waals surface area contributed by atoms with Gasteiger partial charge in [0, 0.05) is 25.6 Å². The van der Waals surface area contributed by atoms with E-state index in [-0.39, 0.29) is 24.3 Å². The van der Waals surface area contributed by atoms with Gasteiger partial charge >= 0.3 is 0 Å². The van der Waals surface area contributed by atoms with Crippen LogP contribution < -0.4 is 0 Å². The van der Waals surface area contributed by atoms with Crippen LogP contribution in [-0.4, -0.2) is 42.4 Å². The van der Waals surface area contributed by atoms with Crippen LogP contribution in [0.5, 0.6) is 0 Å². The van der Waals surface area contributed by atoms with Crippen molar-refractivity contribution in [1.82, 2.24) is 4.90 Å². The third-order valence-corrected chi connectivity index (χ3v) is 2.65. The Balaban J connectivity index is 2.44. The summed E-state index contributed by atoms with van der Waals surface area (Å²) in [6.45, 7) is 4.90. The maximum absolute atomic E-state index is 11.7. The van der Waals surface area contributed by atoms with Crippen LogP contribution in [0.2, 0.25) is 0 Å². The van der Waals surface area contributed by atoms with Crippen LogP contribution in [0.1, 0.15) is 33.1 Å². The molecule has 0 bridgehead atoms. The maximum Gasteiger partial charge on any atom is 0.248 e. The van der Waals surface area contributed by atoms with Gasteiger partial charge in [0.2, 0.25) is 5.91 Å². The van der Waals surface area contributed by atoms with Crippen LogP contribution in [0.4, 0.5) is 0 Å². The average molecular weight is 213 g/mol. The summed E-state index contributed by atoms with van der Waals surface area (Å²) < 4.78 is 5.08. The van der Waals surface area contributed by atoms with E-state index in [1.807, 2.05) is 6.92 Å². The first kappa shape index (κ1) is 12.2. The van der Waals surface area contributed by atoms with Crippen molar-refractivity contribution < 1.29 is 14.3 Å². The molecule has 1 rings (SSSR count). The molecule has 0 spiro atoms. The molecule has 1 unspecified atom stereocenters. The van der Waals surface area contributed by atoms with E-state index in [0.717, 1.165) is 19.4 Å². The summed E-state index contributed by atoms with van der Waals surface area (Å²) in [7, 11) is 0. The molecule has 4 heteroatoms. The minimum atomic E-state index is 0.0144. The van der Waals surface area contributed by atoms with Gasteiger partial charge in [0.1, 0.15) is 12.4 Å². The molecule has 1 aliphatic rings. The molecule has 0 saturated carbocycles. The highest BCUT2D eigenvalue weighted by molar-refractivity contribution is 5.80. The molecule has 1 saturated heterocycles. The number of ether oxygens (including phenoxy) is 1. The molecule has 0 aromatic carbocycles. The second-order valence-electron chi connectivity index (χ2n) is 3.93. The number of carbonyl (C=O) groups excluding carboxylic acids is 2. The third-order valence-electron chi connectivity index (χ3n) is 2.65. The van der Waals surface area contributed by atoms with Crippen LogP contribution >= 0.6 is 0 Å². The second-order valence-corrected chi connectivity index (χ2v) is 3.93. The molecule has 1 aliphatic heterocycles. The number of amides is 1. The Bertz CT molecular complexity index is 240. The monoisotopic (exact) mass is 213 g/mol. The van der Waals surface area contributed by atoms with E-state index in [1.54, 1.807) is 11.8 Å². The first-order valence-electron chi connectivity index (χ1n) is 5.51. The van der Waals surface area contributed by atoms with E-state index in [1.165, 1.54) is 0 Å². The van der Waals surface area contributed by atoms with Crippen LogP contribution in [0.15, 0.2) is 0 Å². The van der Waals surface area contributed by atoms with Crippen LogP contribution in [0.3, 0.4) is 0 Å². The van der Waals surface area contributed by atoms with E-state index >= 15 is 0 Å². The number of nitrogens with zero attached hydrogens (tertiary/aromatic N) is 1. The van der Waals surface area contributed by atoms with Crippen molar-refractivity contribution in [2.45, 2.75) is 39.2 Å². The molecule has 1 atom stereocenters. The molecule has 4 nitrogen and oxygen atoms in total. The van der Waals surface area contributed by atoms with E-state index in [9.17, 15) is 9.59 Å². The van der Waals surface area contributed by atoms with Crippen LogP contribution in [0, 0.1) is 0 Å². The molecule has 86 valence electrons. The van der Waals surface area contributed by atoms with Crippen molar-refractivity contribution in [2.24, 2.45) is 0 Å². The summed E-state index contributed by atoms with van der Waals surface area (Å²) in [5.74, 6) is 0.164. The summed E-state index contributed by atoms with van der Waals surface area (Å²) in [5.41, 5.74) is 0. The molecule has 0 N–H and O–H groups in total. The average Bonchev–Trinajstić information content (AvgIpc) is 2.61. The van der Waals surface area contributed by atoms with Crippen molar-refractivity contribution in [3.8, 4) is 0 Å². The highest BCUT2D eigenvalue weighted by Gasteiger charge is 2.29. The fraction of sp³-hybridized carbons (Fsp3) is 0.818. The largest absolute Gasteiger partial charge is 0.372 e. The third kappa shape index (κ3) is 3.63. The Morgan fingerprint density at radius 2 is 2.20 bits per heavy atom. The fourth-order valence-electron chi connectivity index (χ4n) is 1.98. The smallest absolute Gasteiger partial charge is 0.248 e. The molecule has 1 heterocycles. The van der Waals surface area contributed by atoms with Gasteiger partial charge in [-0.15, -0.1) is 0 Å². The minimum absolute atomic E-state index is 0.0144. The number of carbonyl (C=O) groups is 2. The van der Waals surface area contributed by atoms with Gasteiger partial charge < -0.3 is 9.64 Å². The lowest BCUT2D eigenvalue weighted by Gasteiger charge is -2.23. The van der Waals surface area contributed by atoms with Crippen LogP contribution in [-0.2, 0) is 14.3 Å².